The third kappa shape index (κ3) is 5.17. The minimum absolute atomic E-state index is 0.187. The minimum atomic E-state index is -0.241. The molecular formula is C33H57NO4. The maximum absolute atomic E-state index is 12.3. The summed E-state index contributed by atoms with van der Waals surface area (Å²) in [6, 6.07) is 0. The molecule has 0 aromatic carbocycles. The Morgan fingerprint density at radius 1 is 0.947 bits per heavy atom. The Hall–Kier alpha value is -0.810. The quantitative estimate of drug-likeness (QED) is 0.332. The normalized spacial score (nSPS) is 45.9. The highest BCUT2D eigenvalue weighted by Crippen LogP contribution is 2.69. The number of hydrogen-bond acceptors (Lipinski definition) is 4. The van der Waals surface area contributed by atoms with Crippen LogP contribution in [0.3, 0.4) is 0 Å². The van der Waals surface area contributed by atoms with Crippen molar-refractivity contribution in [1.82, 2.24) is 5.32 Å². The van der Waals surface area contributed by atoms with Gasteiger partial charge in [0.05, 0.1) is 18.8 Å². The van der Waals surface area contributed by atoms with Crippen LogP contribution in [-0.2, 0) is 4.74 Å². The molecule has 218 valence electrons. The largest absolute Gasteiger partial charge is 0.450 e. The van der Waals surface area contributed by atoms with Gasteiger partial charge in [-0.2, -0.15) is 0 Å². The van der Waals surface area contributed by atoms with E-state index in [0.29, 0.717) is 54.0 Å². The summed E-state index contributed by atoms with van der Waals surface area (Å²) in [5, 5.41) is 25.4. The first-order chi connectivity index (χ1) is 18.2. The maximum Gasteiger partial charge on any atom is 0.407 e. The number of rotatable bonds is 7. The molecule has 0 aromatic rings. The topological polar surface area (TPSA) is 78.8 Å². The molecule has 0 saturated heterocycles. The van der Waals surface area contributed by atoms with Gasteiger partial charge >= 0.3 is 6.09 Å². The molecule has 5 saturated carbocycles. The van der Waals surface area contributed by atoms with Gasteiger partial charge < -0.3 is 20.3 Å². The number of ether oxygens (including phenoxy) is 1. The van der Waals surface area contributed by atoms with E-state index in [1.807, 2.05) is 0 Å². The molecule has 0 spiro atoms. The van der Waals surface area contributed by atoms with E-state index >= 15 is 0 Å². The van der Waals surface area contributed by atoms with Gasteiger partial charge in [-0.25, -0.2) is 4.79 Å². The first kappa shape index (κ1) is 28.7. The van der Waals surface area contributed by atoms with Gasteiger partial charge in [-0.1, -0.05) is 53.4 Å². The Balaban J connectivity index is 1.19. The van der Waals surface area contributed by atoms with Crippen molar-refractivity contribution in [1.29, 1.82) is 0 Å². The minimum Gasteiger partial charge on any atom is -0.450 e. The number of carbonyl (C=O) groups excluding carboxylic acids is 1. The van der Waals surface area contributed by atoms with Gasteiger partial charge in [0.1, 0.15) is 0 Å². The molecule has 0 bridgehead atoms. The fraction of sp³-hybridized carbons (Fsp3) is 0.970. The lowest BCUT2D eigenvalue weighted by Crippen LogP contribution is -2.62. The first-order valence-electron chi connectivity index (χ1n) is 16.5. The zero-order valence-electron chi connectivity index (χ0n) is 24.8. The van der Waals surface area contributed by atoms with Gasteiger partial charge in [0.25, 0.3) is 0 Å². The predicted molar refractivity (Wildman–Crippen MR) is 151 cm³/mol. The van der Waals surface area contributed by atoms with Crippen LogP contribution in [0.4, 0.5) is 4.79 Å². The fourth-order valence-electron chi connectivity index (χ4n) is 11.1. The van der Waals surface area contributed by atoms with Crippen LogP contribution in [0.5, 0.6) is 0 Å². The van der Waals surface area contributed by atoms with Crippen LogP contribution in [0.15, 0.2) is 0 Å². The summed E-state index contributed by atoms with van der Waals surface area (Å²) in [5.74, 6) is 4.11. The third-order valence-corrected chi connectivity index (χ3v) is 13.2. The summed E-state index contributed by atoms with van der Waals surface area (Å²) in [6.07, 6.45) is 15.5. The molecule has 1 amide bonds. The average Bonchev–Trinajstić information content (AvgIpc) is 3.26. The molecule has 5 aliphatic carbocycles. The fourth-order valence-corrected chi connectivity index (χ4v) is 11.1. The molecule has 38 heavy (non-hydrogen) atoms. The Morgan fingerprint density at radius 2 is 1.66 bits per heavy atom. The van der Waals surface area contributed by atoms with E-state index < -0.39 is 0 Å². The van der Waals surface area contributed by atoms with Crippen LogP contribution < -0.4 is 5.32 Å². The number of alkyl carbamates (subject to hydrolysis) is 1. The van der Waals surface area contributed by atoms with Crippen molar-refractivity contribution < 1.29 is 19.7 Å². The van der Waals surface area contributed by atoms with Crippen molar-refractivity contribution in [2.24, 2.45) is 58.2 Å². The van der Waals surface area contributed by atoms with Crippen molar-refractivity contribution >= 4 is 6.09 Å². The van der Waals surface area contributed by atoms with Crippen molar-refractivity contribution in [3.05, 3.63) is 0 Å². The molecule has 11 atom stereocenters. The van der Waals surface area contributed by atoms with Gasteiger partial charge in [-0.3, -0.25) is 0 Å². The summed E-state index contributed by atoms with van der Waals surface area (Å²) >= 11 is 0. The number of hydrogen-bond donors (Lipinski definition) is 3. The van der Waals surface area contributed by atoms with E-state index in [0.717, 1.165) is 38.6 Å². The molecule has 0 radical (unpaired) electrons. The van der Waals surface area contributed by atoms with Gasteiger partial charge in [0.2, 0.25) is 0 Å². The molecule has 0 aromatic heterocycles. The van der Waals surface area contributed by atoms with Crippen molar-refractivity contribution in [2.45, 2.75) is 130 Å². The van der Waals surface area contributed by atoms with Crippen LogP contribution in [0.25, 0.3) is 0 Å². The SMILES string of the molecule is CC[C@H]1[C@@H](O)[C@@H]2C(CC[C@]3(C)[C@@H]([C@H](C)CCOC(=O)NCC4CCCCC4)CC[C@@H]23)[C@@]2(C)CC[C@@H](O)C[C@@H]12. The highest BCUT2D eigenvalue weighted by atomic mass is 16.5. The first-order valence-corrected chi connectivity index (χ1v) is 16.5. The van der Waals surface area contributed by atoms with Gasteiger partial charge in [0.15, 0.2) is 0 Å². The number of carbonyl (C=O) groups is 1. The Labute approximate surface area is 232 Å². The second kappa shape index (κ2) is 11.6. The zero-order valence-corrected chi connectivity index (χ0v) is 24.8. The zero-order chi connectivity index (χ0) is 27.1. The number of fused-ring (bicyclic) bond motifs is 5. The summed E-state index contributed by atoms with van der Waals surface area (Å²) in [4.78, 5) is 12.3. The highest BCUT2D eigenvalue weighted by Gasteiger charge is 2.64. The third-order valence-electron chi connectivity index (χ3n) is 13.2. The highest BCUT2D eigenvalue weighted by molar-refractivity contribution is 5.67. The molecule has 5 rings (SSSR count). The van der Waals surface area contributed by atoms with Gasteiger partial charge in [-0.15, -0.1) is 0 Å². The Morgan fingerprint density at radius 3 is 2.39 bits per heavy atom. The van der Waals surface area contributed by atoms with Crippen LogP contribution in [-0.4, -0.2) is 41.7 Å². The van der Waals surface area contributed by atoms with Crippen LogP contribution in [0.2, 0.25) is 0 Å². The molecule has 5 nitrogen and oxygen atoms in total. The average molecular weight is 532 g/mol. The van der Waals surface area contributed by atoms with E-state index in [1.54, 1.807) is 0 Å². The molecule has 5 heteroatoms. The summed E-state index contributed by atoms with van der Waals surface area (Å²) in [6.45, 7) is 10.9. The second-order valence-electron chi connectivity index (χ2n) is 14.9. The van der Waals surface area contributed by atoms with Crippen LogP contribution >= 0.6 is 0 Å². The summed E-state index contributed by atoms with van der Waals surface area (Å²) in [7, 11) is 0. The molecule has 1 unspecified atom stereocenters. The second-order valence-corrected chi connectivity index (χ2v) is 14.9. The number of amides is 1. The van der Waals surface area contributed by atoms with E-state index in [4.69, 9.17) is 4.74 Å². The smallest absolute Gasteiger partial charge is 0.407 e. The van der Waals surface area contributed by atoms with Gasteiger partial charge in [-0.05, 0) is 122 Å². The summed E-state index contributed by atoms with van der Waals surface area (Å²) < 4.78 is 5.63. The van der Waals surface area contributed by atoms with Crippen LogP contribution in [0.1, 0.15) is 118 Å². The van der Waals surface area contributed by atoms with E-state index in [9.17, 15) is 15.0 Å². The van der Waals surface area contributed by atoms with Crippen molar-refractivity contribution in [3.8, 4) is 0 Å². The Kier molecular flexibility index (Phi) is 8.75. The molecule has 5 aliphatic rings. The Bertz CT molecular complexity index is 813. The van der Waals surface area contributed by atoms with E-state index in [2.05, 4.69) is 33.0 Å². The summed E-state index contributed by atoms with van der Waals surface area (Å²) in [5.41, 5.74) is 0.522. The molecule has 0 aliphatic heterocycles. The van der Waals surface area contributed by atoms with Crippen LogP contribution in [0, 0.1) is 58.2 Å². The number of aliphatic hydroxyl groups is 2. The number of nitrogens with one attached hydrogen (secondary N) is 1. The standard InChI is InChI=1S/C33H57NO4/c1-5-24-28-19-23(35)13-16-33(28,4)27-14-17-32(3)25(11-12-26(32)29(27)30(24)36)21(2)15-18-38-31(37)34-20-22-9-7-6-8-10-22/h21-30,35-36H,5-20H2,1-4H3,(H,34,37)/t21-,23-,24-,25-,26+,27?,28+,29+,30-,32-,33-/m1/s1. The predicted octanol–water partition coefficient (Wildman–Crippen LogP) is 6.95. The molecule has 5 fully saturated rings. The lowest BCUT2D eigenvalue weighted by Gasteiger charge is -2.64. The number of aliphatic hydroxyl groups excluding tert-OH is 2. The maximum atomic E-state index is 12.3. The monoisotopic (exact) mass is 531 g/mol. The molecule has 3 N–H and O–H groups in total. The molecular weight excluding hydrogens is 474 g/mol. The molecule has 0 heterocycles. The van der Waals surface area contributed by atoms with E-state index in [1.165, 1.54) is 57.8 Å². The van der Waals surface area contributed by atoms with Gasteiger partial charge in [0, 0.05) is 6.54 Å². The van der Waals surface area contributed by atoms with Crippen molar-refractivity contribution in [2.75, 3.05) is 13.2 Å². The van der Waals surface area contributed by atoms with Crippen molar-refractivity contribution in [3.63, 3.8) is 0 Å². The van der Waals surface area contributed by atoms with E-state index in [-0.39, 0.29) is 29.1 Å². The lowest BCUT2D eigenvalue weighted by atomic mass is 9.41. The lowest BCUT2D eigenvalue weighted by molar-refractivity contribution is -0.203.